The van der Waals surface area contributed by atoms with Gasteiger partial charge < -0.3 is 14.4 Å². The average molecular weight is 435 g/mol. The van der Waals surface area contributed by atoms with Crippen LogP contribution in [0.1, 0.15) is 45.1 Å². The van der Waals surface area contributed by atoms with E-state index >= 15 is 0 Å². The second-order valence-corrected chi connectivity index (χ2v) is 7.91. The highest BCUT2D eigenvalue weighted by Crippen LogP contribution is 2.34. The quantitative estimate of drug-likeness (QED) is 0.640. The van der Waals surface area contributed by atoms with Gasteiger partial charge in [-0.05, 0) is 73.8 Å². The maximum Gasteiger partial charge on any atom is 0.410 e. The van der Waals surface area contributed by atoms with Crippen molar-refractivity contribution < 1.29 is 18.7 Å². The summed E-state index contributed by atoms with van der Waals surface area (Å²) in [7, 11) is 1.54. The van der Waals surface area contributed by atoms with E-state index in [1.54, 1.807) is 4.90 Å². The molecule has 1 fully saturated rings. The zero-order valence-electron chi connectivity index (χ0n) is 14.0. The fourth-order valence-corrected chi connectivity index (χ4v) is 3.42. The van der Waals surface area contributed by atoms with E-state index in [2.05, 4.69) is 22.6 Å². The molecule has 1 saturated heterocycles. The second-order valence-electron chi connectivity index (χ2n) is 6.75. The topological polar surface area (TPSA) is 38.8 Å². The number of amides is 1. The number of piperidine rings is 1. The first-order chi connectivity index (χ1) is 10.7. The lowest BCUT2D eigenvalue weighted by Gasteiger charge is -2.33. The van der Waals surface area contributed by atoms with Crippen molar-refractivity contribution >= 4 is 28.7 Å². The zero-order valence-corrected chi connectivity index (χ0v) is 16.1. The van der Waals surface area contributed by atoms with Crippen LogP contribution < -0.4 is 4.74 Å². The Kier molecular flexibility index (Phi) is 5.75. The molecule has 0 bridgehead atoms. The summed E-state index contributed by atoms with van der Waals surface area (Å²) in [6.45, 7) is 6.73. The number of methoxy groups -OCH3 is 1. The molecule has 6 heteroatoms. The molecule has 1 heterocycles. The Bertz CT molecular complexity index is 578. The summed E-state index contributed by atoms with van der Waals surface area (Å²) < 4.78 is 25.7. The van der Waals surface area contributed by atoms with Crippen LogP contribution in [-0.2, 0) is 4.74 Å². The minimum Gasteiger partial charge on any atom is -0.496 e. The number of carbonyl (C=O) groups is 1. The van der Waals surface area contributed by atoms with E-state index < -0.39 is 5.60 Å². The maximum atomic E-state index is 14.3. The Morgan fingerprint density at radius 2 is 1.91 bits per heavy atom. The Balaban J connectivity index is 2.02. The molecule has 0 N–H and O–H groups in total. The van der Waals surface area contributed by atoms with E-state index in [1.807, 2.05) is 26.8 Å². The van der Waals surface area contributed by atoms with E-state index in [0.717, 1.165) is 16.4 Å². The van der Waals surface area contributed by atoms with Crippen molar-refractivity contribution in [1.29, 1.82) is 0 Å². The predicted molar refractivity (Wildman–Crippen MR) is 95.5 cm³/mol. The van der Waals surface area contributed by atoms with E-state index in [1.165, 1.54) is 13.2 Å². The number of benzene rings is 1. The van der Waals surface area contributed by atoms with Crippen LogP contribution in [0, 0.1) is 9.39 Å². The van der Waals surface area contributed by atoms with Crippen LogP contribution in [0.2, 0.25) is 0 Å². The summed E-state index contributed by atoms with van der Waals surface area (Å²) >= 11 is 2.15. The third-order valence-electron chi connectivity index (χ3n) is 3.86. The van der Waals surface area contributed by atoms with Gasteiger partial charge in [0.1, 0.15) is 17.2 Å². The van der Waals surface area contributed by atoms with Gasteiger partial charge in [0.25, 0.3) is 0 Å². The molecule has 0 saturated carbocycles. The number of ether oxygens (including phenoxy) is 2. The van der Waals surface area contributed by atoms with Gasteiger partial charge in [-0.1, -0.05) is 0 Å². The molecule has 0 radical (unpaired) electrons. The van der Waals surface area contributed by atoms with Gasteiger partial charge in [-0.15, -0.1) is 0 Å². The van der Waals surface area contributed by atoms with Crippen molar-refractivity contribution in [3.8, 4) is 5.75 Å². The average Bonchev–Trinajstić information content (AvgIpc) is 2.47. The molecule has 0 spiro atoms. The van der Waals surface area contributed by atoms with Crippen LogP contribution in [0.4, 0.5) is 9.18 Å². The van der Waals surface area contributed by atoms with Crippen molar-refractivity contribution in [3.63, 3.8) is 0 Å². The first kappa shape index (κ1) is 18.3. The summed E-state index contributed by atoms with van der Waals surface area (Å²) in [5.74, 6) is 0.434. The van der Waals surface area contributed by atoms with Crippen molar-refractivity contribution in [3.05, 3.63) is 27.1 Å². The summed E-state index contributed by atoms with van der Waals surface area (Å²) in [6, 6.07) is 3.29. The van der Waals surface area contributed by atoms with E-state index in [4.69, 9.17) is 9.47 Å². The molecule has 1 aliphatic rings. The molecule has 1 aromatic carbocycles. The standard InChI is InChI=1S/C17H23FINO3/c1-17(2,3)23-16(21)20-7-5-11(6-8-20)12-9-14(19)15(22-4)10-13(12)18/h9-11H,5-8H2,1-4H3. The Morgan fingerprint density at radius 3 is 2.43 bits per heavy atom. The Hall–Kier alpha value is -1.05. The Labute approximate surface area is 150 Å². The van der Waals surface area contributed by atoms with Crippen molar-refractivity contribution in [2.24, 2.45) is 0 Å². The monoisotopic (exact) mass is 435 g/mol. The molecule has 0 aliphatic carbocycles. The molecule has 0 atom stereocenters. The third kappa shape index (κ3) is 4.71. The number of halogens is 2. The number of nitrogens with zero attached hydrogens (tertiary/aromatic N) is 1. The molecule has 1 aliphatic heterocycles. The predicted octanol–water partition coefficient (Wildman–Crippen LogP) is 4.55. The fraction of sp³-hybridized carbons (Fsp3) is 0.588. The summed E-state index contributed by atoms with van der Waals surface area (Å²) in [5.41, 5.74) is 0.214. The normalized spacial score (nSPS) is 16.3. The molecule has 1 aromatic rings. The van der Waals surface area contributed by atoms with E-state index in [9.17, 15) is 9.18 Å². The van der Waals surface area contributed by atoms with Gasteiger partial charge in [0, 0.05) is 19.2 Å². The number of hydrogen-bond donors (Lipinski definition) is 0. The van der Waals surface area contributed by atoms with Crippen LogP contribution in [0.15, 0.2) is 12.1 Å². The first-order valence-electron chi connectivity index (χ1n) is 7.72. The van der Waals surface area contributed by atoms with Gasteiger partial charge in [0.05, 0.1) is 10.7 Å². The summed E-state index contributed by atoms with van der Waals surface area (Å²) in [4.78, 5) is 13.8. The van der Waals surface area contributed by atoms with Crippen molar-refractivity contribution in [2.45, 2.75) is 45.1 Å². The lowest BCUT2D eigenvalue weighted by molar-refractivity contribution is 0.0204. The third-order valence-corrected chi connectivity index (χ3v) is 4.70. The van der Waals surface area contributed by atoms with Crippen LogP contribution >= 0.6 is 22.6 Å². The highest BCUT2D eigenvalue weighted by atomic mass is 127. The highest BCUT2D eigenvalue weighted by molar-refractivity contribution is 14.1. The minimum absolute atomic E-state index is 0.119. The van der Waals surface area contributed by atoms with E-state index in [0.29, 0.717) is 24.4 Å². The molecule has 2 rings (SSSR count). The zero-order chi connectivity index (χ0) is 17.2. The maximum absolute atomic E-state index is 14.3. The second kappa shape index (κ2) is 7.23. The van der Waals surface area contributed by atoms with Crippen LogP contribution in [0.3, 0.4) is 0 Å². The summed E-state index contributed by atoms with van der Waals surface area (Å²) in [5, 5.41) is 0. The molecular weight excluding hydrogens is 412 g/mol. The van der Waals surface area contributed by atoms with Crippen LogP contribution in [0.5, 0.6) is 5.75 Å². The highest BCUT2D eigenvalue weighted by Gasteiger charge is 2.29. The lowest BCUT2D eigenvalue weighted by atomic mass is 9.89. The Morgan fingerprint density at radius 1 is 1.30 bits per heavy atom. The van der Waals surface area contributed by atoms with Gasteiger partial charge in [-0.25, -0.2) is 9.18 Å². The number of hydrogen-bond acceptors (Lipinski definition) is 3. The number of likely N-dealkylation sites (tertiary alicyclic amines) is 1. The lowest BCUT2D eigenvalue weighted by Crippen LogP contribution is -2.41. The first-order valence-corrected chi connectivity index (χ1v) is 8.80. The van der Waals surface area contributed by atoms with Gasteiger partial charge in [-0.2, -0.15) is 0 Å². The molecule has 0 unspecified atom stereocenters. The summed E-state index contributed by atoms with van der Waals surface area (Å²) in [6.07, 6.45) is 1.18. The fourth-order valence-electron chi connectivity index (χ4n) is 2.71. The van der Waals surface area contributed by atoms with Gasteiger partial charge >= 0.3 is 6.09 Å². The molecule has 128 valence electrons. The molecule has 4 nitrogen and oxygen atoms in total. The van der Waals surface area contributed by atoms with Gasteiger partial charge in [0.15, 0.2) is 0 Å². The van der Waals surface area contributed by atoms with Crippen LogP contribution in [-0.4, -0.2) is 36.8 Å². The number of rotatable bonds is 2. The van der Waals surface area contributed by atoms with Crippen molar-refractivity contribution in [1.82, 2.24) is 4.90 Å². The minimum atomic E-state index is -0.494. The van der Waals surface area contributed by atoms with Crippen LogP contribution in [0.25, 0.3) is 0 Å². The molecular formula is C17H23FINO3. The molecule has 23 heavy (non-hydrogen) atoms. The van der Waals surface area contributed by atoms with Gasteiger partial charge in [-0.3, -0.25) is 0 Å². The molecule has 0 aromatic heterocycles. The van der Waals surface area contributed by atoms with E-state index in [-0.39, 0.29) is 17.8 Å². The van der Waals surface area contributed by atoms with Gasteiger partial charge in [0.2, 0.25) is 0 Å². The molecule has 1 amide bonds. The smallest absolute Gasteiger partial charge is 0.410 e. The number of carbonyl (C=O) groups excluding carboxylic acids is 1. The SMILES string of the molecule is COc1cc(F)c(C2CCN(C(=O)OC(C)(C)C)CC2)cc1I. The van der Waals surface area contributed by atoms with Crippen molar-refractivity contribution in [2.75, 3.05) is 20.2 Å². The largest absolute Gasteiger partial charge is 0.496 e.